The van der Waals surface area contributed by atoms with Gasteiger partial charge in [0.15, 0.2) is 0 Å². The first-order chi connectivity index (χ1) is 12.1. The Hall–Kier alpha value is -2.40. The molecule has 0 spiro atoms. The lowest BCUT2D eigenvalue weighted by atomic mass is 9.88. The van der Waals surface area contributed by atoms with Crippen molar-refractivity contribution < 1.29 is 9.60 Å². The van der Waals surface area contributed by atoms with Gasteiger partial charge in [-0.15, -0.1) is 9.94 Å². The summed E-state index contributed by atoms with van der Waals surface area (Å²) in [5.41, 5.74) is 3.12. The summed E-state index contributed by atoms with van der Waals surface area (Å²) in [5.74, 6) is 0.210. The monoisotopic (exact) mass is 339 g/mol. The Morgan fingerprint density at radius 3 is 2.68 bits per heavy atom. The van der Waals surface area contributed by atoms with E-state index in [0.29, 0.717) is 12.3 Å². The molecule has 1 saturated heterocycles. The minimum Gasteiger partial charge on any atom is -0.412 e. The first kappa shape index (κ1) is 16.1. The fourth-order valence-corrected chi connectivity index (χ4v) is 3.78. The van der Waals surface area contributed by atoms with Gasteiger partial charge in [0.25, 0.3) is 0 Å². The highest BCUT2D eigenvalue weighted by Gasteiger charge is 2.23. The molecule has 0 amide bonds. The van der Waals surface area contributed by atoms with Crippen LogP contribution in [0.1, 0.15) is 35.6 Å². The molecule has 0 unspecified atom stereocenters. The van der Waals surface area contributed by atoms with Gasteiger partial charge in [0.05, 0.1) is 11.9 Å². The largest absolute Gasteiger partial charge is 0.412 e. The van der Waals surface area contributed by atoms with Crippen LogP contribution in [0.4, 0.5) is 4.39 Å². The number of likely N-dealkylation sites (tertiary alicyclic amines) is 1. The zero-order valence-corrected chi connectivity index (χ0v) is 14.3. The van der Waals surface area contributed by atoms with Crippen molar-refractivity contribution in [2.45, 2.75) is 25.2 Å². The fourth-order valence-electron chi connectivity index (χ4n) is 3.78. The highest BCUT2D eigenvalue weighted by molar-refractivity contribution is 5.83. The number of piperidine rings is 1. The Kier molecular flexibility index (Phi) is 4.17. The Morgan fingerprint density at radius 1 is 1.12 bits per heavy atom. The molecule has 3 aromatic rings. The van der Waals surface area contributed by atoms with Gasteiger partial charge >= 0.3 is 0 Å². The molecule has 0 aliphatic carbocycles. The number of aromatic nitrogens is 2. The quantitative estimate of drug-likeness (QED) is 0.738. The van der Waals surface area contributed by atoms with E-state index in [1.165, 1.54) is 6.07 Å². The van der Waals surface area contributed by atoms with Crippen LogP contribution >= 0.6 is 0 Å². The Labute approximate surface area is 146 Å². The number of hydrogen-bond donors (Lipinski definition) is 1. The van der Waals surface area contributed by atoms with Crippen molar-refractivity contribution >= 4 is 10.8 Å². The number of rotatable bonds is 3. The third kappa shape index (κ3) is 3.37. The number of nitrogens with zero attached hydrogens (tertiary/aromatic N) is 3. The van der Waals surface area contributed by atoms with Crippen molar-refractivity contribution in [3.8, 4) is 0 Å². The van der Waals surface area contributed by atoms with Gasteiger partial charge in [-0.1, -0.05) is 24.3 Å². The van der Waals surface area contributed by atoms with E-state index >= 15 is 0 Å². The second kappa shape index (κ2) is 6.48. The van der Waals surface area contributed by atoms with Gasteiger partial charge in [0.2, 0.25) is 0 Å². The van der Waals surface area contributed by atoms with Crippen molar-refractivity contribution in [3.63, 3.8) is 0 Å². The summed E-state index contributed by atoms with van der Waals surface area (Å²) in [6.07, 6.45) is 4.55. The molecule has 2 heterocycles. The molecule has 0 bridgehead atoms. The van der Waals surface area contributed by atoms with Gasteiger partial charge in [-0.05, 0) is 67.4 Å². The van der Waals surface area contributed by atoms with Gasteiger partial charge < -0.3 is 10.1 Å². The maximum Gasteiger partial charge on any atom is 0.123 e. The number of hydrogen-bond acceptors (Lipinski definition) is 3. The van der Waals surface area contributed by atoms with Gasteiger partial charge in [-0.3, -0.25) is 0 Å². The standard InChI is InChI=1S/C20H22FN3O/c1-23-8-6-16(7-9-23)19-13-24(25)22-20(19)11-14-2-3-15-4-5-18(21)12-17(15)10-14/h2-5,10,12-13,16,25H,6-9,11H2,1H3. The van der Waals surface area contributed by atoms with E-state index in [9.17, 15) is 9.60 Å². The molecule has 4 rings (SSSR count). The molecule has 0 atom stereocenters. The molecule has 0 saturated carbocycles. The Bertz CT molecular complexity index is 897. The third-order valence-electron chi connectivity index (χ3n) is 5.21. The van der Waals surface area contributed by atoms with E-state index in [2.05, 4.69) is 23.1 Å². The second-order valence-corrected chi connectivity index (χ2v) is 7.03. The predicted molar refractivity (Wildman–Crippen MR) is 95.6 cm³/mol. The fraction of sp³-hybridized carbons (Fsp3) is 0.350. The van der Waals surface area contributed by atoms with Crippen molar-refractivity contribution in [2.75, 3.05) is 20.1 Å². The highest BCUT2D eigenvalue weighted by atomic mass is 19.1. The minimum absolute atomic E-state index is 0.226. The zero-order valence-electron chi connectivity index (χ0n) is 14.3. The Balaban J connectivity index is 1.62. The van der Waals surface area contributed by atoms with Crippen LogP contribution in [0.5, 0.6) is 0 Å². The maximum absolute atomic E-state index is 13.5. The number of benzene rings is 2. The molecule has 2 aromatic carbocycles. The number of halogens is 1. The van der Waals surface area contributed by atoms with Crippen LogP contribution in [0.15, 0.2) is 42.6 Å². The van der Waals surface area contributed by atoms with E-state index in [-0.39, 0.29) is 5.82 Å². The first-order valence-electron chi connectivity index (χ1n) is 8.73. The minimum atomic E-state index is -0.226. The summed E-state index contributed by atoms with van der Waals surface area (Å²) in [6, 6.07) is 10.9. The molecule has 1 aliphatic rings. The summed E-state index contributed by atoms with van der Waals surface area (Å²) < 4.78 is 13.5. The molecular weight excluding hydrogens is 317 g/mol. The van der Waals surface area contributed by atoms with E-state index in [1.807, 2.05) is 12.1 Å². The second-order valence-electron chi connectivity index (χ2n) is 7.03. The summed E-state index contributed by atoms with van der Waals surface area (Å²) in [5, 5.41) is 16.0. The van der Waals surface area contributed by atoms with Crippen molar-refractivity contribution in [1.82, 2.24) is 14.8 Å². The predicted octanol–water partition coefficient (Wildman–Crippen LogP) is 3.81. The van der Waals surface area contributed by atoms with Crippen LogP contribution in [0.25, 0.3) is 10.8 Å². The molecule has 4 nitrogen and oxygen atoms in total. The van der Waals surface area contributed by atoms with Crippen LogP contribution in [0, 0.1) is 5.82 Å². The molecule has 25 heavy (non-hydrogen) atoms. The van der Waals surface area contributed by atoms with Crippen LogP contribution in [0.3, 0.4) is 0 Å². The van der Waals surface area contributed by atoms with E-state index in [0.717, 1.165) is 58.4 Å². The smallest absolute Gasteiger partial charge is 0.123 e. The SMILES string of the molecule is CN1CCC(c2cn(O)nc2Cc2ccc3ccc(F)cc3c2)CC1. The van der Waals surface area contributed by atoms with E-state index in [1.54, 1.807) is 18.3 Å². The summed E-state index contributed by atoms with van der Waals surface area (Å²) in [4.78, 5) is 3.27. The molecule has 1 aliphatic heterocycles. The lowest BCUT2D eigenvalue weighted by Gasteiger charge is -2.28. The molecule has 1 N–H and O–H groups in total. The topological polar surface area (TPSA) is 41.3 Å². The van der Waals surface area contributed by atoms with E-state index < -0.39 is 0 Å². The van der Waals surface area contributed by atoms with Gasteiger partial charge in [0.1, 0.15) is 5.82 Å². The van der Waals surface area contributed by atoms with Gasteiger partial charge in [-0.25, -0.2) is 4.39 Å². The van der Waals surface area contributed by atoms with Crippen LogP contribution < -0.4 is 0 Å². The molecule has 130 valence electrons. The Morgan fingerprint density at radius 2 is 1.88 bits per heavy atom. The van der Waals surface area contributed by atoms with Crippen molar-refractivity contribution in [3.05, 3.63) is 65.2 Å². The molecule has 0 radical (unpaired) electrons. The normalized spacial score (nSPS) is 16.6. The average Bonchev–Trinajstić information content (AvgIpc) is 2.95. The third-order valence-corrected chi connectivity index (χ3v) is 5.21. The summed E-state index contributed by atoms with van der Waals surface area (Å²) in [7, 11) is 2.14. The summed E-state index contributed by atoms with van der Waals surface area (Å²) >= 11 is 0. The first-order valence-corrected chi connectivity index (χ1v) is 8.73. The molecule has 1 aromatic heterocycles. The van der Waals surface area contributed by atoms with Gasteiger partial charge in [0, 0.05) is 12.0 Å². The highest BCUT2D eigenvalue weighted by Crippen LogP contribution is 2.31. The average molecular weight is 339 g/mol. The van der Waals surface area contributed by atoms with Crippen molar-refractivity contribution in [1.29, 1.82) is 0 Å². The molecule has 1 fully saturated rings. The van der Waals surface area contributed by atoms with Crippen LogP contribution in [-0.2, 0) is 6.42 Å². The van der Waals surface area contributed by atoms with Gasteiger partial charge in [-0.2, -0.15) is 0 Å². The van der Waals surface area contributed by atoms with Crippen molar-refractivity contribution in [2.24, 2.45) is 0 Å². The maximum atomic E-state index is 13.5. The molecular formula is C20H22FN3O. The van der Waals surface area contributed by atoms with Crippen LogP contribution in [-0.4, -0.2) is 40.2 Å². The summed E-state index contributed by atoms with van der Waals surface area (Å²) in [6.45, 7) is 2.13. The van der Waals surface area contributed by atoms with Crippen LogP contribution in [0.2, 0.25) is 0 Å². The molecule has 5 heteroatoms. The lowest BCUT2D eigenvalue weighted by molar-refractivity contribution is 0.147. The zero-order chi connectivity index (χ0) is 17.4. The van der Waals surface area contributed by atoms with E-state index in [4.69, 9.17) is 0 Å². The number of fused-ring (bicyclic) bond motifs is 1. The lowest BCUT2D eigenvalue weighted by Crippen LogP contribution is -2.29.